The first-order chi connectivity index (χ1) is 7.81. The van der Waals surface area contributed by atoms with Crippen LogP contribution >= 0.6 is 11.8 Å². The van der Waals surface area contributed by atoms with Gasteiger partial charge in [-0.1, -0.05) is 0 Å². The van der Waals surface area contributed by atoms with Crippen LogP contribution in [0.4, 0.5) is 18.9 Å². The Morgan fingerprint density at radius 1 is 1.35 bits per heavy atom. The van der Waals surface area contributed by atoms with Gasteiger partial charge in [-0.2, -0.15) is 18.2 Å². The van der Waals surface area contributed by atoms with Gasteiger partial charge in [-0.05, 0) is 30.0 Å². The molecule has 0 spiro atoms. The molecule has 1 aromatic carbocycles. The van der Waals surface area contributed by atoms with Crippen molar-refractivity contribution in [2.24, 2.45) is 10.7 Å². The monoisotopic (exact) mass is 262 g/mol. The molecular weight excluding hydrogens is 257 g/mol. The van der Waals surface area contributed by atoms with Crippen LogP contribution in [0.5, 0.6) is 0 Å². The maximum absolute atomic E-state index is 12.1. The molecule has 0 radical (unpaired) electrons. The van der Waals surface area contributed by atoms with Crippen LogP contribution in [-0.2, 0) is 4.79 Å². The number of rotatable bonds is 3. The number of primary amides is 1. The van der Waals surface area contributed by atoms with E-state index in [1.54, 1.807) is 0 Å². The molecule has 0 aliphatic carbocycles. The maximum Gasteiger partial charge on any atom is 0.446 e. The van der Waals surface area contributed by atoms with Crippen LogP contribution in [0.25, 0.3) is 0 Å². The molecule has 0 aliphatic rings. The van der Waals surface area contributed by atoms with Crippen molar-refractivity contribution in [1.29, 1.82) is 0 Å². The van der Waals surface area contributed by atoms with Crippen molar-refractivity contribution >= 4 is 29.4 Å². The van der Waals surface area contributed by atoms with Gasteiger partial charge in [-0.3, -0.25) is 4.79 Å². The molecule has 0 aromatic heterocycles. The van der Waals surface area contributed by atoms with E-state index in [-0.39, 0.29) is 16.1 Å². The molecule has 0 fully saturated rings. The molecule has 1 amide bonds. The van der Waals surface area contributed by atoms with Crippen LogP contribution in [-0.4, -0.2) is 17.5 Å². The van der Waals surface area contributed by atoms with Crippen molar-refractivity contribution in [3.8, 4) is 0 Å². The normalized spacial score (nSPS) is 10.8. The maximum atomic E-state index is 12.1. The topological polar surface area (TPSA) is 72.5 Å². The van der Waals surface area contributed by atoms with Gasteiger partial charge in [-0.15, -0.1) is 0 Å². The van der Waals surface area contributed by atoms with E-state index in [1.165, 1.54) is 6.08 Å². The van der Waals surface area contributed by atoms with Crippen LogP contribution in [0, 0.1) is 0 Å². The Balaban J connectivity index is 3.21. The van der Waals surface area contributed by atoms with Crippen molar-refractivity contribution < 1.29 is 22.8 Å². The number of isocyanates is 1. The van der Waals surface area contributed by atoms with Gasteiger partial charge in [0.15, 0.2) is 0 Å². The zero-order valence-electron chi connectivity index (χ0n) is 8.12. The second-order valence-corrected chi connectivity index (χ2v) is 3.97. The fourth-order valence-corrected chi connectivity index (χ4v) is 1.67. The number of carbonyl (C=O) groups excluding carboxylic acids is 2. The number of nitrogens with two attached hydrogens (primary N) is 1. The number of hydrogen-bond donors (Lipinski definition) is 1. The molecule has 0 heterocycles. The van der Waals surface area contributed by atoms with Crippen LogP contribution < -0.4 is 5.73 Å². The number of aliphatic imine (C=N–C) groups is 1. The smallest absolute Gasteiger partial charge is 0.366 e. The Bertz CT molecular complexity index is 475. The van der Waals surface area contributed by atoms with Gasteiger partial charge < -0.3 is 5.73 Å². The number of halogens is 3. The van der Waals surface area contributed by atoms with Gasteiger partial charge in [0.1, 0.15) is 0 Å². The minimum Gasteiger partial charge on any atom is -0.366 e. The van der Waals surface area contributed by atoms with Gasteiger partial charge in [0.2, 0.25) is 12.0 Å². The highest BCUT2D eigenvalue weighted by Crippen LogP contribution is 2.38. The van der Waals surface area contributed by atoms with Crippen molar-refractivity contribution in [1.82, 2.24) is 0 Å². The second-order valence-electron chi connectivity index (χ2n) is 2.83. The molecular formula is C9H5F3N2O2S. The van der Waals surface area contributed by atoms with Gasteiger partial charge in [0.25, 0.3) is 0 Å². The summed E-state index contributed by atoms with van der Waals surface area (Å²) < 4.78 is 36.4. The summed E-state index contributed by atoms with van der Waals surface area (Å²) in [6.45, 7) is 0. The molecule has 17 heavy (non-hydrogen) atoms. The molecule has 0 saturated carbocycles. The third-order valence-electron chi connectivity index (χ3n) is 1.58. The molecule has 0 aliphatic heterocycles. The number of thioether (sulfide) groups is 1. The van der Waals surface area contributed by atoms with Gasteiger partial charge in [-0.25, -0.2) is 4.79 Å². The van der Waals surface area contributed by atoms with E-state index in [9.17, 15) is 22.8 Å². The third-order valence-corrected chi connectivity index (χ3v) is 2.29. The summed E-state index contributed by atoms with van der Waals surface area (Å²) >= 11 is -0.425. The van der Waals surface area contributed by atoms with Gasteiger partial charge in [0.05, 0.1) is 5.69 Å². The summed E-state index contributed by atoms with van der Waals surface area (Å²) in [5.74, 6) is -0.906. The lowest BCUT2D eigenvalue weighted by Gasteiger charge is -2.07. The summed E-state index contributed by atoms with van der Waals surface area (Å²) in [7, 11) is 0. The fraction of sp³-hybridized carbons (Fsp3) is 0.111. The molecule has 0 atom stereocenters. The zero-order chi connectivity index (χ0) is 13.1. The minimum absolute atomic E-state index is 0.108. The number of carbonyl (C=O) groups is 1. The number of nitrogens with zero attached hydrogens (tertiary/aromatic N) is 1. The first-order valence-corrected chi connectivity index (χ1v) is 4.92. The van der Waals surface area contributed by atoms with Crippen LogP contribution in [0.1, 0.15) is 10.4 Å². The highest BCUT2D eigenvalue weighted by molar-refractivity contribution is 8.00. The molecule has 90 valence electrons. The SMILES string of the molecule is NC(=O)c1cc(N=C=O)cc(SC(F)(F)F)c1. The van der Waals surface area contributed by atoms with E-state index in [2.05, 4.69) is 4.99 Å². The molecule has 1 aromatic rings. The Kier molecular flexibility index (Phi) is 3.93. The van der Waals surface area contributed by atoms with E-state index >= 15 is 0 Å². The summed E-state index contributed by atoms with van der Waals surface area (Å²) in [6.07, 6.45) is 1.17. The molecule has 0 bridgehead atoms. The summed E-state index contributed by atoms with van der Waals surface area (Å²) in [6, 6.07) is 3.09. The van der Waals surface area contributed by atoms with Crippen LogP contribution in [0.15, 0.2) is 28.1 Å². The van der Waals surface area contributed by atoms with E-state index in [0.29, 0.717) is 0 Å². The minimum atomic E-state index is -4.50. The van der Waals surface area contributed by atoms with E-state index in [4.69, 9.17) is 5.73 Å². The third kappa shape index (κ3) is 4.29. The van der Waals surface area contributed by atoms with E-state index in [1.807, 2.05) is 0 Å². The second kappa shape index (κ2) is 5.03. The molecule has 8 heteroatoms. The molecule has 2 N–H and O–H groups in total. The molecule has 0 unspecified atom stereocenters. The molecule has 0 saturated heterocycles. The Morgan fingerprint density at radius 2 is 2.00 bits per heavy atom. The number of benzene rings is 1. The predicted molar refractivity (Wildman–Crippen MR) is 54.7 cm³/mol. The lowest BCUT2D eigenvalue weighted by molar-refractivity contribution is -0.0328. The Morgan fingerprint density at radius 3 is 2.47 bits per heavy atom. The Labute approximate surface area is 97.7 Å². The average molecular weight is 262 g/mol. The molecule has 4 nitrogen and oxygen atoms in total. The van der Waals surface area contributed by atoms with Crippen LogP contribution in [0.2, 0.25) is 0 Å². The zero-order valence-corrected chi connectivity index (χ0v) is 8.93. The van der Waals surface area contributed by atoms with Crippen molar-refractivity contribution in [3.63, 3.8) is 0 Å². The summed E-state index contributed by atoms with van der Waals surface area (Å²) in [4.78, 5) is 23.8. The quantitative estimate of drug-likeness (QED) is 0.516. The highest BCUT2D eigenvalue weighted by atomic mass is 32.2. The van der Waals surface area contributed by atoms with Crippen molar-refractivity contribution in [3.05, 3.63) is 23.8 Å². The fourth-order valence-electron chi connectivity index (χ4n) is 1.04. The number of alkyl halides is 3. The Hall–Kier alpha value is -1.79. The lowest BCUT2D eigenvalue weighted by atomic mass is 10.2. The predicted octanol–water partition coefficient (Wildman–Crippen LogP) is 2.36. The first kappa shape index (κ1) is 13.3. The van der Waals surface area contributed by atoms with Gasteiger partial charge in [0, 0.05) is 10.5 Å². The number of hydrogen-bond acceptors (Lipinski definition) is 4. The van der Waals surface area contributed by atoms with Crippen LogP contribution in [0.3, 0.4) is 0 Å². The largest absolute Gasteiger partial charge is 0.446 e. The van der Waals surface area contributed by atoms with Gasteiger partial charge >= 0.3 is 5.51 Å². The first-order valence-electron chi connectivity index (χ1n) is 4.10. The van der Waals surface area contributed by atoms with Crippen molar-refractivity contribution in [2.75, 3.05) is 0 Å². The van der Waals surface area contributed by atoms with Crippen molar-refractivity contribution in [2.45, 2.75) is 10.4 Å². The average Bonchev–Trinajstić information content (AvgIpc) is 2.14. The van der Waals surface area contributed by atoms with E-state index in [0.717, 1.165) is 18.2 Å². The highest BCUT2D eigenvalue weighted by Gasteiger charge is 2.29. The lowest BCUT2D eigenvalue weighted by Crippen LogP contribution is -2.11. The van der Waals surface area contributed by atoms with E-state index < -0.39 is 23.2 Å². The summed E-state index contributed by atoms with van der Waals surface area (Å²) in [5.41, 5.74) is 0.173. The number of amides is 1. The summed E-state index contributed by atoms with van der Waals surface area (Å²) in [5, 5.41) is 0. The molecule has 1 rings (SSSR count). The standard InChI is InChI=1S/C9H5F3N2O2S/c10-9(11,12)17-7-2-5(8(13)16)1-6(3-7)14-4-15/h1-3H,(H2,13,16).